The smallest absolute Gasteiger partial charge is 0.264 e. The van der Waals surface area contributed by atoms with Crippen molar-refractivity contribution in [1.82, 2.24) is 9.55 Å². The fourth-order valence-electron chi connectivity index (χ4n) is 2.08. The molecule has 130 valence electrons. The van der Waals surface area contributed by atoms with Gasteiger partial charge in [-0.15, -0.1) is 0 Å². The van der Waals surface area contributed by atoms with Gasteiger partial charge in [-0.05, 0) is 42.1 Å². The highest BCUT2D eigenvalue weighted by molar-refractivity contribution is 7.99. The SMILES string of the molecule is Cn1ccnc1Sc1ccccc1NS(=O)(=O)c1ccc(Cl)cc1F. The summed E-state index contributed by atoms with van der Waals surface area (Å²) >= 11 is 6.98. The van der Waals surface area contributed by atoms with E-state index >= 15 is 0 Å². The lowest BCUT2D eigenvalue weighted by atomic mass is 10.3. The minimum atomic E-state index is -4.10. The van der Waals surface area contributed by atoms with E-state index < -0.39 is 20.7 Å². The van der Waals surface area contributed by atoms with Crippen LogP contribution in [0.4, 0.5) is 10.1 Å². The molecular weight excluding hydrogens is 385 g/mol. The molecule has 3 rings (SSSR count). The molecule has 1 N–H and O–H groups in total. The number of hydrogen-bond acceptors (Lipinski definition) is 4. The van der Waals surface area contributed by atoms with Crippen molar-refractivity contribution in [1.29, 1.82) is 0 Å². The summed E-state index contributed by atoms with van der Waals surface area (Å²) in [6, 6.07) is 10.3. The maximum atomic E-state index is 14.0. The number of sulfonamides is 1. The summed E-state index contributed by atoms with van der Waals surface area (Å²) in [5.74, 6) is -0.908. The average Bonchev–Trinajstić information content (AvgIpc) is 2.93. The molecular formula is C16H13ClFN3O2S2. The first kappa shape index (κ1) is 17.8. The van der Waals surface area contributed by atoms with E-state index in [-0.39, 0.29) is 5.02 Å². The molecule has 0 spiro atoms. The van der Waals surface area contributed by atoms with Gasteiger partial charge in [0.25, 0.3) is 10.0 Å². The van der Waals surface area contributed by atoms with Gasteiger partial charge >= 0.3 is 0 Å². The van der Waals surface area contributed by atoms with Crippen molar-refractivity contribution < 1.29 is 12.8 Å². The molecule has 0 unspecified atom stereocenters. The molecule has 0 atom stereocenters. The Hall–Kier alpha value is -2.03. The van der Waals surface area contributed by atoms with Crippen molar-refractivity contribution in [3.05, 3.63) is 65.7 Å². The van der Waals surface area contributed by atoms with Gasteiger partial charge < -0.3 is 4.57 Å². The summed E-state index contributed by atoms with van der Waals surface area (Å²) < 4.78 is 43.3. The topological polar surface area (TPSA) is 64.0 Å². The lowest BCUT2D eigenvalue weighted by Crippen LogP contribution is -2.15. The van der Waals surface area contributed by atoms with Gasteiger partial charge in [0.15, 0.2) is 5.16 Å². The predicted molar refractivity (Wildman–Crippen MR) is 96.0 cm³/mol. The third-order valence-corrected chi connectivity index (χ3v) is 6.08. The Balaban J connectivity index is 1.94. The zero-order valence-electron chi connectivity index (χ0n) is 13.0. The van der Waals surface area contributed by atoms with Crippen molar-refractivity contribution in [2.24, 2.45) is 7.05 Å². The Labute approximate surface area is 153 Å². The van der Waals surface area contributed by atoms with Crippen LogP contribution < -0.4 is 4.72 Å². The number of rotatable bonds is 5. The third kappa shape index (κ3) is 3.97. The zero-order chi connectivity index (χ0) is 18.0. The number of para-hydroxylation sites is 1. The largest absolute Gasteiger partial charge is 0.329 e. The zero-order valence-corrected chi connectivity index (χ0v) is 15.4. The maximum Gasteiger partial charge on any atom is 0.264 e. The first-order chi connectivity index (χ1) is 11.9. The molecule has 0 bridgehead atoms. The molecule has 0 saturated heterocycles. The van der Waals surface area contributed by atoms with Crippen molar-refractivity contribution in [3.63, 3.8) is 0 Å². The van der Waals surface area contributed by atoms with Crippen molar-refractivity contribution in [2.45, 2.75) is 14.9 Å². The van der Waals surface area contributed by atoms with E-state index in [1.54, 1.807) is 36.7 Å². The van der Waals surface area contributed by atoms with E-state index in [9.17, 15) is 12.8 Å². The van der Waals surface area contributed by atoms with Gasteiger partial charge in [-0.2, -0.15) is 0 Å². The van der Waals surface area contributed by atoms with E-state index in [4.69, 9.17) is 11.6 Å². The Kier molecular flexibility index (Phi) is 5.03. The molecule has 0 aliphatic rings. The summed E-state index contributed by atoms with van der Waals surface area (Å²) in [6.07, 6.45) is 3.44. The molecule has 0 fully saturated rings. The number of imidazole rings is 1. The molecule has 1 aromatic heterocycles. The number of benzene rings is 2. The molecule has 25 heavy (non-hydrogen) atoms. The standard InChI is InChI=1S/C16H13ClFN3O2S2/c1-21-9-8-19-16(21)24-14-5-3-2-4-13(14)20-25(22,23)15-7-6-11(17)10-12(15)18/h2-10,20H,1H3. The van der Waals surface area contributed by atoms with Gasteiger partial charge in [0.05, 0.1) is 5.69 Å². The molecule has 0 aliphatic carbocycles. The number of halogens is 2. The van der Waals surface area contributed by atoms with Crippen LogP contribution >= 0.6 is 23.4 Å². The molecule has 9 heteroatoms. The number of hydrogen-bond donors (Lipinski definition) is 1. The van der Waals surface area contributed by atoms with Gasteiger partial charge in [-0.3, -0.25) is 4.72 Å². The molecule has 0 saturated carbocycles. The van der Waals surface area contributed by atoms with Gasteiger partial charge in [0, 0.05) is 29.4 Å². The number of nitrogens with one attached hydrogen (secondary N) is 1. The lowest BCUT2D eigenvalue weighted by molar-refractivity contribution is 0.570. The summed E-state index contributed by atoms with van der Waals surface area (Å²) in [6.45, 7) is 0. The minimum Gasteiger partial charge on any atom is -0.329 e. The lowest BCUT2D eigenvalue weighted by Gasteiger charge is -2.12. The fraction of sp³-hybridized carbons (Fsp3) is 0.0625. The Morgan fingerprint density at radius 1 is 1.24 bits per heavy atom. The normalized spacial score (nSPS) is 11.5. The molecule has 2 aromatic carbocycles. The summed E-state index contributed by atoms with van der Waals surface area (Å²) in [5.41, 5.74) is 0.338. The van der Waals surface area contributed by atoms with Gasteiger partial charge in [-0.1, -0.05) is 23.7 Å². The highest BCUT2D eigenvalue weighted by Crippen LogP contribution is 2.33. The van der Waals surface area contributed by atoms with Crippen LogP contribution in [0.15, 0.2) is 69.8 Å². The summed E-state index contributed by atoms with van der Waals surface area (Å²) in [7, 11) is -2.26. The first-order valence-electron chi connectivity index (χ1n) is 7.09. The molecule has 0 amide bonds. The second kappa shape index (κ2) is 7.07. The second-order valence-electron chi connectivity index (χ2n) is 5.10. The maximum absolute atomic E-state index is 14.0. The highest BCUT2D eigenvalue weighted by Gasteiger charge is 2.21. The summed E-state index contributed by atoms with van der Waals surface area (Å²) in [4.78, 5) is 4.39. The minimum absolute atomic E-state index is 0.127. The quantitative estimate of drug-likeness (QED) is 0.702. The van der Waals surface area contributed by atoms with E-state index in [0.29, 0.717) is 15.7 Å². The van der Waals surface area contributed by atoms with Crippen LogP contribution in [0.25, 0.3) is 0 Å². The number of anilines is 1. The number of nitrogens with zero attached hydrogens (tertiary/aromatic N) is 2. The van der Waals surface area contributed by atoms with Crippen LogP contribution in [-0.4, -0.2) is 18.0 Å². The molecule has 0 radical (unpaired) electrons. The van der Waals surface area contributed by atoms with Crippen molar-refractivity contribution >= 4 is 39.1 Å². The van der Waals surface area contributed by atoms with E-state index in [2.05, 4.69) is 9.71 Å². The fourth-order valence-corrected chi connectivity index (χ4v) is 4.34. The molecule has 5 nitrogen and oxygen atoms in total. The monoisotopic (exact) mass is 397 g/mol. The van der Waals surface area contributed by atoms with Crippen LogP contribution in [0, 0.1) is 5.82 Å². The Bertz CT molecular complexity index is 1020. The van der Waals surface area contributed by atoms with Crippen molar-refractivity contribution in [3.8, 4) is 0 Å². The Morgan fingerprint density at radius 3 is 2.68 bits per heavy atom. The molecule has 0 aliphatic heterocycles. The van der Waals surface area contributed by atoms with E-state index in [0.717, 1.165) is 12.1 Å². The van der Waals surface area contributed by atoms with Crippen LogP contribution in [0.3, 0.4) is 0 Å². The third-order valence-electron chi connectivity index (χ3n) is 3.29. The predicted octanol–water partition coefficient (Wildman–Crippen LogP) is 4.16. The van der Waals surface area contributed by atoms with Gasteiger partial charge in [0.2, 0.25) is 0 Å². The number of aromatic nitrogens is 2. The highest BCUT2D eigenvalue weighted by atomic mass is 35.5. The van der Waals surface area contributed by atoms with E-state index in [1.165, 1.54) is 17.8 Å². The second-order valence-corrected chi connectivity index (χ2v) is 8.20. The van der Waals surface area contributed by atoms with Crippen LogP contribution in [0.1, 0.15) is 0 Å². The van der Waals surface area contributed by atoms with Crippen LogP contribution in [0.5, 0.6) is 0 Å². The van der Waals surface area contributed by atoms with Crippen molar-refractivity contribution in [2.75, 3.05) is 4.72 Å². The van der Waals surface area contributed by atoms with Crippen LogP contribution in [-0.2, 0) is 17.1 Å². The van der Waals surface area contributed by atoms with Gasteiger partial charge in [0.1, 0.15) is 10.7 Å². The first-order valence-corrected chi connectivity index (χ1v) is 9.76. The summed E-state index contributed by atoms with van der Waals surface area (Å²) in [5, 5.41) is 0.825. The molecule has 1 heterocycles. The van der Waals surface area contributed by atoms with E-state index in [1.807, 2.05) is 11.6 Å². The molecule has 3 aromatic rings. The Morgan fingerprint density at radius 2 is 2.00 bits per heavy atom. The number of aryl methyl sites for hydroxylation is 1. The average molecular weight is 398 g/mol. The van der Waals surface area contributed by atoms with Crippen LogP contribution in [0.2, 0.25) is 5.02 Å². The van der Waals surface area contributed by atoms with Gasteiger partial charge in [-0.25, -0.2) is 17.8 Å².